The number of nitrogens with zero attached hydrogens (tertiary/aromatic N) is 2. The third kappa shape index (κ3) is 2.01. The maximum Gasteiger partial charge on any atom is 0.111 e. The molecule has 0 saturated heterocycles. The molecule has 1 aromatic heterocycles. The van der Waals surface area contributed by atoms with Crippen LogP contribution in [0.3, 0.4) is 0 Å². The minimum absolute atomic E-state index is 0.00521. The van der Waals surface area contributed by atoms with Crippen molar-refractivity contribution in [1.29, 1.82) is 0 Å². The van der Waals surface area contributed by atoms with Crippen LogP contribution < -0.4 is 5.73 Å². The summed E-state index contributed by atoms with van der Waals surface area (Å²) in [6, 6.07) is 7.05. The smallest absolute Gasteiger partial charge is 0.111 e. The molecule has 2 fully saturated rings. The summed E-state index contributed by atoms with van der Waals surface area (Å²) >= 11 is 3.53. The van der Waals surface area contributed by atoms with Crippen molar-refractivity contribution in [3.63, 3.8) is 0 Å². The predicted molar refractivity (Wildman–Crippen MR) is 80.2 cm³/mol. The molecule has 1 heterocycles. The molecule has 100 valence electrons. The fourth-order valence-corrected chi connectivity index (χ4v) is 3.46. The molecule has 0 amide bonds. The molecule has 4 rings (SSSR count). The van der Waals surface area contributed by atoms with Crippen molar-refractivity contribution in [1.82, 2.24) is 9.55 Å². The molecule has 2 aliphatic rings. The summed E-state index contributed by atoms with van der Waals surface area (Å²) in [5, 5.41) is 0. The molecule has 2 N–H and O–H groups in total. The second-order valence-corrected chi connectivity index (χ2v) is 7.07. The molecular weight excluding hydrogens is 302 g/mol. The van der Waals surface area contributed by atoms with E-state index in [1.807, 2.05) is 0 Å². The number of hydrogen-bond donors (Lipinski definition) is 1. The van der Waals surface area contributed by atoms with Gasteiger partial charge in [-0.15, -0.1) is 0 Å². The molecule has 19 heavy (non-hydrogen) atoms. The van der Waals surface area contributed by atoms with Crippen LogP contribution in [0.25, 0.3) is 11.0 Å². The van der Waals surface area contributed by atoms with Crippen molar-refractivity contribution in [2.24, 2.45) is 5.73 Å². The second-order valence-electron chi connectivity index (χ2n) is 6.15. The van der Waals surface area contributed by atoms with Crippen LogP contribution in [0.15, 0.2) is 22.7 Å². The molecule has 1 aromatic carbocycles. The minimum Gasteiger partial charge on any atom is -0.325 e. The fourth-order valence-electron chi connectivity index (χ4n) is 3.11. The number of hydrogen-bond acceptors (Lipinski definition) is 2. The molecule has 0 bridgehead atoms. The van der Waals surface area contributed by atoms with Gasteiger partial charge in [0.2, 0.25) is 0 Å². The first-order valence-electron chi connectivity index (χ1n) is 7.10. The van der Waals surface area contributed by atoms with Crippen molar-refractivity contribution < 1.29 is 0 Å². The molecule has 0 atom stereocenters. The highest BCUT2D eigenvalue weighted by Gasteiger charge is 2.36. The SMILES string of the molecule is NC1(Cc2nc3cc(Br)ccc3n2C2CC2)CCC1. The van der Waals surface area contributed by atoms with Gasteiger partial charge in [-0.3, -0.25) is 0 Å². The highest BCUT2D eigenvalue weighted by atomic mass is 79.9. The van der Waals surface area contributed by atoms with E-state index in [1.54, 1.807) is 0 Å². The third-order valence-corrected chi connectivity index (χ3v) is 4.99. The van der Waals surface area contributed by atoms with Crippen molar-refractivity contribution in [2.75, 3.05) is 0 Å². The number of aromatic nitrogens is 2. The molecule has 2 saturated carbocycles. The van der Waals surface area contributed by atoms with Gasteiger partial charge in [-0.05, 0) is 50.3 Å². The zero-order valence-electron chi connectivity index (χ0n) is 10.9. The van der Waals surface area contributed by atoms with Gasteiger partial charge >= 0.3 is 0 Å². The lowest BCUT2D eigenvalue weighted by Gasteiger charge is -2.37. The quantitative estimate of drug-likeness (QED) is 0.940. The Morgan fingerprint density at radius 1 is 1.37 bits per heavy atom. The van der Waals surface area contributed by atoms with Gasteiger partial charge in [0, 0.05) is 22.5 Å². The van der Waals surface area contributed by atoms with Gasteiger partial charge in [-0.2, -0.15) is 0 Å². The van der Waals surface area contributed by atoms with Crippen LogP contribution in [0.4, 0.5) is 0 Å². The van der Waals surface area contributed by atoms with E-state index < -0.39 is 0 Å². The number of fused-ring (bicyclic) bond motifs is 1. The monoisotopic (exact) mass is 319 g/mol. The van der Waals surface area contributed by atoms with E-state index in [9.17, 15) is 0 Å². The van der Waals surface area contributed by atoms with Gasteiger partial charge in [0.25, 0.3) is 0 Å². The van der Waals surface area contributed by atoms with Gasteiger partial charge in [-0.1, -0.05) is 15.9 Å². The van der Waals surface area contributed by atoms with E-state index in [4.69, 9.17) is 10.7 Å². The first kappa shape index (κ1) is 11.9. The van der Waals surface area contributed by atoms with E-state index >= 15 is 0 Å². The number of imidazole rings is 1. The Balaban J connectivity index is 1.81. The standard InChI is InChI=1S/C15H18BrN3/c16-10-2-5-13-12(8-10)18-14(19(13)11-3-4-11)9-15(17)6-1-7-15/h2,5,8,11H,1,3-4,6-7,9,17H2. The van der Waals surface area contributed by atoms with Crippen molar-refractivity contribution in [3.05, 3.63) is 28.5 Å². The van der Waals surface area contributed by atoms with Crippen LogP contribution in [-0.4, -0.2) is 15.1 Å². The van der Waals surface area contributed by atoms with E-state index in [2.05, 4.69) is 38.7 Å². The first-order chi connectivity index (χ1) is 9.15. The summed E-state index contributed by atoms with van der Waals surface area (Å²) in [6.45, 7) is 0. The zero-order chi connectivity index (χ0) is 13.0. The molecule has 2 aliphatic carbocycles. The largest absolute Gasteiger partial charge is 0.325 e. The zero-order valence-corrected chi connectivity index (χ0v) is 12.5. The average molecular weight is 320 g/mol. The van der Waals surface area contributed by atoms with Crippen LogP contribution in [0.2, 0.25) is 0 Å². The summed E-state index contributed by atoms with van der Waals surface area (Å²) in [4.78, 5) is 4.85. The Morgan fingerprint density at radius 2 is 2.16 bits per heavy atom. The van der Waals surface area contributed by atoms with E-state index in [0.717, 1.165) is 29.3 Å². The van der Waals surface area contributed by atoms with Gasteiger partial charge < -0.3 is 10.3 Å². The lowest BCUT2D eigenvalue weighted by Crippen LogP contribution is -2.48. The van der Waals surface area contributed by atoms with Gasteiger partial charge in [-0.25, -0.2) is 4.98 Å². The average Bonchev–Trinajstić information content (AvgIpc) is 3.10. The molecule has 3 nitrogen and oxygen atoms in total. The minimum atomic E-state index is 0.00521. The Labute approximate surface area is 121 Å². The lowest BCUT2D eigenvalue weighted by atomic mass is 9.75. The van der Waals surface area contributed by atoms with Crippen LogP contribution >= 0.6 is 15.9 Å². The summed E-state index contributed by atoms with van der Waals surface area (Å²) in [5.74, 6) is 1.19. The molecule has 0 radical (unpaired) electrons. The lowest BCUT2D eigenvalue weighted by molar-refractivity contribution is 0.241. The highest BCUT2D eigenvalue weighted by molar-refractivity contribution is 9.10. The Kier molecular flexibility index (Phi) is 2.55. The Bertz CT molecular complexity index is 638. The molecule has 2 aromatic rings. The summed E-state index contributed by atoms with van der Waals surface area (Å²) < 4.78 is 3.53. The first-order valence-corrected chi connectivity index (χ1v) is 7.89. The van der Waals surface area contributed by atoms with Crippen LogP contribution in [0, 0.1) is 0 Å². The van der Waals surface area contributed by atoms with Gasteiger partial charge in [0.15, 0.2) is 0 Å². The Morgan fingerprint density at radius 3 is 2.79 bits per heavy atom. The van der Waals surface area contributed by atoms with Crippen molar-refractivity contribution in [2.45, 2.75) is 50.1 Å². The normalized spacial score (nSPS) is 21.6. The molecule has 4 heteroatoms. The van der Waals surface area contributed by atoms with E-state index in [1.165, 1.54) is 30.6 Å². The van der Waals surface area contributed by atoms with E-state index in [0.29, 0.717) is 6.04 Å². The van der Waals surface area contributed by atoms with Crippen molar-refractivity contribution in [3.8, 4) is 0 Å². The maximum atomic E-state index is 6.41. The van der Waals surface area contributed by atoms with Crippen LogP contribution in [0.1, 0.15) is 44.0 Å². The maximum absolute atomic E-state index is 6.41. The molecule has 0 spiro atoms. The molecule has 0 unspecified atom stereocenters. The van der Waals surface area contributed by atoms with Gasteiger partial charge in [0.05, 0.1) is 11.0 Å². The van der Waals surface area contributed by atoms with Gasteiger partial charge in [0.1, 0.15) is 5.82 Å². The van der Waals surface area contributed by atoms with Crippen LogP contribution in [0.5, 0.6) is 0 Å². The summed E-state index contributed by atoms with van der Waals surface area (Å²) in [7, 11) is 0. The topological polar surface area (TPSA) is 43.8 Å². The summed E-state index contributed by atoms with van der Waals surface area (Å²) in [6.07, 6.45) is 7.05. The van der Waals surface area contributed by atoms with E-state index in [-0.39, 0.29) is 5.54 Å². The number of nitrogens with two attached hydrogens (primary N) is 1. The molecule has 0 aliphatic heterocycles. The Hall–Kier alpha value is -0.870. The number of rotatable bonds is 3. The fraction of sp³-hybridized carbons (Fsp3) is 0.533. The molecular formula is C15H18BrN3. The predicted octanol–water partition coefficient (Wildman–Crippen LogP) is 3.56. The number of benzene rings is 1. The summed E-state index contributed by atoms with van der Waals surface area (Å²) in [5.41, 5.74) is 8.78. The van der Waals surface area contributed by atoms with Crippen LogP contribution in [-0.2, 0) is 6.42 Å². The highest BCUT2D eigenvalue weighted by Crippen LogP contribution is 2.41. The number of halogens is 1. The second kappa shape index (κ2) is 4.06. The van der Waals surface area contributed by atoms with Crippen molar-refractivity contribution >= 4 is 27.0 Å². The third-order valence-electron chi connectivity index (χ3n) is 4.50.